The van der Waals surface area contributed by atoms with Gasteiger partial charge in [-0.25, -0.2) is 0 Å². The van der Waals surface area contributed by atoms with Gasteiger partial charge in [0.15, 0.2) is 11.0 Å². The van der Waals surface area contributed by atoms with Crippen molar-refractivity contribution in [1.29, 1.82) is 0 Å². The van der Waals surface area contributed by atoms with Crippen LogP contribution in [0.3, 0.4) is 0 Å². The van der Waals surface area contributed by atoms with Crippen LogP contribution < -0.4 is 10.6 Å². The van der Waals surface area contributed by atoms with Crippen molar-refractivity contribution in [3.05, 3.63) is 68.9 Å². The number of amides is 2. The number of nitrogens with one attached hydrogen (secondary N) is 2. The van der Waals surface area contributed by atoms with Crippen molar-refractivity contribution in [1.82, 2.24) is 20.1 Å². The van der Waals surface area contributed by atoms with Crippen LogP contribution in [-0.2, 0) is 11.3 Å². The van der Waals surface area contributed by atoms with Gasteiger partial charge in [0.1, 0.15) is 0 Å². The van der Waals surface area contributed by atoms with Crippen molar-refractivity contribution < 1.29 is 9.59 Å². The minimum Gasteiger partial charge on any atom is -0.342 e. The average Bonchev–Trinajstić information content (AvgIpc) is 3.18. The number of benzene rings is 2. The van der Waals surface area contributed by atoms with Crippen LogP contribution in [-0.4, -0.2) is 32.3 Å². The van der Waals surface area contributed by atoms with Gasteiger partial charge in [0.05, 0.1) is 22.5 Å². The van der Waals surface area contributed by atoms with Crippen molar-refractivity contribution in [2.75, 3.05) is 11.1 Å². The van der Waals surface area contributed by atoms with E-state index in [0.29, 0.717) is 43.8 Å². The number of anilines is 1. The molecule has 2 aromatic carbocycles. The summed E-state index contributed by atoms with van der Waals surface area (Å²) in [6.45, 7) is 4.34. The maximum absolute atomic E-state index is 12.5. The molecular formula is C21H20Cl3N5O2S. The van der Waals surface area contributed by atoms with E-state index < -0.39 is 0 Å². The Morgan fingerprint density at radius 2 is 1.75 bits per heavy atom. The molecule has 0 saturated carbocycles. The first-order valence-corrected chi connectivity index (χ1v) is 11.8. The molecule has 0 unspecified atom stereocenters. The fourth-order valence-electron chi connectivity index (χ4n) is 2.88. The lowest BCUT2D eigenvalue weighted by molar-refractivity contribution is -0.113. The van der Waals surface area contributed by atoms with Gasteiger partial charge in [-0.05, 0) is 56.3 Å². The third-order valence-electron chi connectivity index (χ3n) is 4.44. The summed E-state index contributed by atoms with van der Waals surface area (Å²) in [6, 6.07) is 11.1. The quantitative estimate of drug-likeness (QED) is 0.390. The third kappa shape index (κ3) is 6.16. The second-order valence-corrected chi connectivity index (χ2v) is 8.97. The zero-order valence-electron chi connectivity index (χ0n) is 17.2. The van der Waals surface area contributed by atoms with Crippen LogP contribution in [0.2, 0.25) is 15.1 Å². The van der Waals surface area contributed by atoms with E-state index >= 15 is 0 Å². The van der Waals surface area contributed by atoms with E-state index in [4.69, 9.17) is 34.8 Å². The number of thioether (sulfide) groups is 1. The van der Waals surface area contributed by atoms with Gasteiger partial charge in [-0.3, -0.25) is 9.59 Å². The maximum atomic E-state index is 12.5. The van der Waals surface area contributed by atoms with Crippen molar-refractivity contribution >= 4 is 64.1 Å². The smallest absolute Gasteiger partial charge is 0.251 e. The molecule has 0 fully saturated rings. The molecule has 0 radical (unpaired) electrons. The molecule has 2 amide bonds. The van der Waals surface area contributed by atoms with Gasteiger partial charge in [0, 0.05) is 22.2 Å². The molecule has 2 N–H and O–H groups in total. The third-order valence-corrected chi connectivity index (χ3v) is 6.22. The standard InChI is InChI=1S/C21H20Cl3N5O2S/c1-3-29-19(12(2)25-20(31)13-4-6-14(22)7-5-13)27-28-21(29)32-11-18(30)26-17-10-15(23)8-9-16(17)24/h4-10,12H,3,11H2,1-2H3,(H,25,31)(H,26,30)/t12-/m1/s1. The highest BCUT2D eigenvalue weighted by Crippen LogP contribution is 2.26. The van der Waals surface area contributed by atoms with Gasteiger partial charge in [-0.15, -0.1) is 10.2 Å². The highest BCUT2D eigenvalue weighted by atomic mass is 35.5. The second-order valence-electron chi connectivity index (χ2n) is 6.75. The number of rotatable bonds is 8. The first kappa shape index (κ1) is 24.4. The van der Waals surface area contributed by atoms with E-state index in [1.807, 2.05) is 18.4 Å². The van der Waals surface area contributed by atoms with Crippen LogP contribution in [0.4, 0.5) is 5.69 Å². The summed E-state index contributed by atoms with van der Waals surface area (Å²) in [4.78, 5) is 24.9. The lowest BCUT2D eigenvalue weighted by Gasteiger charge is -2.15. The monoisotopic (exact) mass is 511 g/mol. The van der Waals surface area contributed by atoms with Crippen LogP contribution in [0.15, 0.2) is 47.6 Å². The zero-order valence-corrected chi connectivity index (χ0v) is 20.3. The molecule has 3 aromatic rings. The van der Waals surface area contributed by atoms with Crippen molar-refractivity contribution in [2.45, 2.75) is 31.6 Å². The summed E-state index contributed by atoms with van der Waals surface area (Å²) in [6.07, 6.45) is 0. The van der Waals surface area contributed by atoms with Crippen LogP contribution >= 0.6 is 46.6 Å². The van der Waals surface area contributed by atoms with Gasteiger partial charge in [0.25, 0.3) is 5.91 Å². The SMILES string of the molecule is CCn1c(SCC(=O)Nc2cc(Cl)ccc2Cl)nnc1[C@@H](C)NC(=O)c1ccc(Cl)cc1. The van der Waals surface area contributed by atoms with Gasteiger partial charge in [-0.1, -0.05) is 46.6 Å². The normalized spacial score (nSPS) is 11.8. The summed E-state index contributed by atoms with van der Waals surface area (Å²) in [7, 11) is 0. The number of hydrogen-bond donors (Lipinski definition) is 2. The Labute approximate surface area is 204 Å². The number of nitrogens with zero attached hydrogens (tertiary/aromatic N) is 3. The molecular weight excluding hydrogens is 493 g/mol. The number of carbonyl (C=O) groups is 2. The molecule has 0 aliphatic heterocycles. The summed E-state index contributed by atoms with van der Waals surface area (Å²) in [5.41, 5.74) is 0.940. The Morgan fingerprint density at radius 3 is 2.44 bits per heavy atom. The Bertz CT molecular complexity index is 1120. The highest BCUT2D eigenvalue weighted by Gasteiger charge is 2.20. The van der Waals surface area contributed by atoms with Crippen LogP contribution in [0, 0.1) is 0 Å². The topological polar surface area (TPSA) is 88.9 Å². The molecule has 1 heterocycles. The van der Waals surface area contributed by atoms with E-state index in [-0.39, 0.29) is 23.6 Å². The highest BCUT2D eigenvalue weighted by molar-refractivity contribution is 7.99. The lowest BCUT2D eigenvalue weighted by Crippen LogP contribution is -2.28. The molecule has 1 atom stereocenters. The molecule has 3 rings (SSSR count). The van der Waals surface area contributed by atoms with E-state index in [0.717, 1.165) is 0 Å². The summed E-state index contributed by atoms with van der Waals surface area (Å²) in [5.74, 6) is 0.199. The zero-order chi connectivity index (χ0) is 23.3. The predicted octanol–water partition coefficient (Wildman–Crippen LogP) is 5.48. The van der Waals surface area contributed by atoms with Crippen LogP contribution in [0.1, 0.15) is 36.1 Å². The Balaban J connectivity index is 1.63. The molecule has 7 nitrogen and oxygen atoms in total. The summed E-state index contributed by atoms with van der Waals surface area (Å²) >= 11 is 19.2. The molecule has 11 heteroatoms. The number of hydrogen-bond acceptors (Lipinski definition) is 5. The van der Waals surface area contributed by atoms with Crippen LogP contribution in [0.5, 0.6) is 0 Å². The largest absolute Gasteiger partial charge is 0.342 e. The molecule has 0 saturated heterocycles. The first-order valence-electron chi connectivity index (χ1n) is 9.65. The Morgan fingerprint density at radius 1 is 1.06 bits per heavy atom. The second kappa shape index (κ2) is 11.0. The molecule has 0 spiro atoms. The first-order chi connectivity index (χ1) is 15.3. The molecule has 168 valence electrons. The van der Waals surface area contributed by atoms with E-state index in [9.17, 15) is 9.59 Å². The van der Waals surface area contributed by atoms with Gasteiger partial charge in [-0.2, -0.15) is 0 Å². The van der Waals surface area contributed by atoms with E-state index in [1.165, 1.54) is 11.8 Å². The molecule has 32 heavy (non-hydrogen) atoms. The Hall–Kier alpha value is -2.26. The van der Waals surface area contributed by atoms with E-state index in [2.05, 4.69) is 20.8 Å². The minimum absolute atomic E-state index is 0.104. The molecule has 0 aliphatic rings. The fourth-order valence-corrected chi connectivity index (χ4v) is 4.15. The van der Waals surface area contributed by atoms with Crippen LogP contribution in [0.25, 0.3) is 0 Å². The van der Waals surface area contributed by atoms with Gasteiger partial charge in [0.2, 0.25) is 5.91 Å². The predicted molar refractivity (Wildman–Crippen MR) is 129 cm³/mol. The molecule has 0 aliphatic carbocycles. The number of aromatic nitrogens is 3. The maximum Gasteiger partial charge on any atom is 0.251 e. The van der Waals surface area contributed by atoms with E-state index in [1.54, 1.807) is 42.5 Å². The number of carbonyl (C=O) groups excluding carboxylic acids is 2. The van der Waals surface area contributed by atoms with Crippen molar-refractivity contribution in [3.8, 4) is 0 Å². The van der Waals surface area contributed by atoms with Gasteiger partial charge >= 0.3 is 0 Å². The number of halogens is 3. The van der Waals surface area contributed by atoms with Crippen molar-refractivity contribution in [3.63, 3.8) is 0 Å². The lowest BCUT2D eigenvalue weighted by atomic mass is 10.2. The molecule has 0 bridgehead atoms. The Kier molecular flexibility index (Phi) is 8.42. The van der Waals surface area contributed by atoms with Crippen molar-refractivity contribution in [2.24, 2.45) is 0 Å². The molecule has 1 aromatic heterocycles. The summed E-state index contributed by atoms with van der Waals surface area (Å²) < 4.78 is 1.86. The minimum atomic E-state index is -0.390. The average molecular weight is 513 g/mol. The fraction of sp³-hybridized carbons (Fsp3) is 0.238. The summed E-state index contributed by atoms with van der Waals surface area (Å²) in [5, 5.41) is 16.1. The van der Waals surface area contributed by atoms with Gasteiger partial charge < -0.3 is 15.2 Å².